The Kier molecular flexibility index (Phi) is 4.30. The molecule has 0 bridgehead atoms. The first-order chi connectivity index (χ1) is 11.7. The molecule has 2 saturated heterocycles. The van der Waals surface area contributed by atoms with Crippen LogP contribution in [0.15, 0.2) is 6.07 Å². The van der Waals surface area contributed by atoms with Crippen LogP contribution in [0.1, 0.15) is 42.4 Å². The van der Waals surface area contributed by atoms with E-state index in [1.165, 1.54) is 11.8 Å². The summed E-state index contributed by atoms with van der Waals surface area (Å²) in [6.45, 7) is 4.87. The second kappa shape index (κ2) is 6.16. The lowest BCUT2D eigenvalue weighted by atomic mass is 9.76. The zero-order valence-electron chi connectivity index (χ0n) is 14.9. The molecule has 0 aromatic carbocycles. The maximum absolute atomic E-state index is 12.7. The summed E-state index contributed by atoms with van der Waals surface area (Å²) in [5.41, 5.74) is 1.17. The van der Waals surface area contributed by atoms with Gasteiger partial charge in [0.15, 0.2) is 0 Å². The lowest BCUT2D eigenvalue weighted by Crippen LogP contribution is -2.45. The van der Waals surface area contributed by atoms with Gasteiger partial charge < -0.3 is 14.9 Å². The number of aryl methyl sites for hydroxylation is 2. The van der Waals surface area contributed by atoms with E-state index >= 15 is 0 Å². The van der Waals surface area contributed by atoms with Crippen LogP contribution in [-0.2, 0) is 16.6 Å². The van der Waals surface area contributed by atoms with Gasteiger partial charge in [-0.3, -0.25) is 14.3 Å². The van der Waals surface area contributed by atoms with E-state index in [4.69, 9.17) is 0 Å². The average Bonchev–Trinajstić information content (AvgIpc) is 3.08. The van der Waals surface area contributed by atoms with Gasteiger partial charge in [-0.05, 0) is 37.7 Å². The molecule has 1 spiro atoms. The number of carboxylic acid groups (broad SMARTS) is 1. The third-order valence-electron chi connectivity index (χ3n) is 5.53. The zero-order valence-corrected chi connectivity index (χ0v) is 14.9. The number of likely N-dealkylation sites (tertiary alicyclic amines) is 2. The summed E-state index contributed by atoms with van der Waals surface area (Å²) in [7, 11) is 1.75. The van der Waals surface area contributed by atoms with Crippen LogP contribution < -0.4 is 0 Å². The number of piperidine rings is 1. The highest BCUT2D eigenvalue weighted by Gasteiger charge is 2.49. The Labute approximate surface area is 146 Å². The molecule has 136 valence electrons. The largest absolute Gasteiger partial charge is 0.480 e. The molecule has 2 aliphatic heterocycles. The minimum Gasteiger partial charge on any atom is -0.480 e. The van der Waals surface area contributed by atoms with Gasteiger partial charge in [0, 0.05) is 33.6 Å². The highest BCUT2D eigenvalue weighted by Crippen LogP contribution is 2.43. The van der Waals surface area contributed by atoms with Gasteiger partial charge in [-0.25, -0.2) is 4.79 Å². The molecule has 1 aromatic rings. The van der Waals surface area contributed by atoms with Crippen molar-refractivity contribution >= 4 is 17.8 Å². The lowest BCUT2D eigenvalue weighted by molar-refractivity contribution is -0.147. The Hall–Kier alpha value is -2.38. The molecule has 2 fully saturated rings. The maximum Gasteiger partial charge on any atom is 0.326 e. The molecule has 3 rings (SSSR count). The summed E-state index contributed by atoms with van der Waals surface area (Å²) in [6, 6.07) is 1.03. The Morgan fingerprint density at radius 1 is 1.28 bits per heavy atom. The summed E-state index contributed by atoms with van der Waals surface area (Å²) in [5.74, 6) is -1.20. The second-order valence-corrected chi connectivity index (χ2v) is 7.29. The van der Waals surface area contributed by atoms with Gasteiger partial charge in [0.05, 0.1) is 5.69 Å². The monoisotopic (exact) mass is 348 g/mol. The number of rotatable bonds is 2. The van der Waals surface area contributed by atoms with Crippen molar-refractivity contribution in [2.75, 3.05) is 19.6 Å². The van der Waals surface area contributed by atoms with E-state index in [-0.39, 0.29) is 17.2 Å². The quantitative estimate of drug-likeness (QED) is 0.847. The summed E-state index contributed by atoms with van der Waals surface area (Å²) in [5, 5.41) is 13.6. The molecule has 0 saturated carbocycles. The Balaban J connectivity index is 1.69. The van der Waals surface area contributed by atoms with E-state index in [9.17, 15) is 19.5 Å². The molecule has 2 aliphatic rings. The predicted molar refractivity (Wildman–Crippen MR) is 88.9 cm³/mol. The van der Waals surface area contributed by atoms with Crippen LogP contribution in [0.4, 0.5) is 0 Å². The summed E-state index contributed by atoms with van der Waals surface area (Å²) < 4.78 is 1.59. The molecular formula is C17H24N4O4. The van der Waals surface area contributed by atoms with Gasteiger partial charge in [-0.1, -0.05) is 0 Å². The van der Waals surface area contributed by atoms with E-state index in [0.717, 1.165) is 5.69 Å². The molecular weight excluding hydrogens is 324 g/mol. The third kappa shape index (κ3) is 3.12. The molecule has 0 unspecified atom stereocenters. The molecule has 1 atom stereocenters. The van der Waals surface area contributed by atoms with Crippen molar-refractivity contribution in [3.05, 3.63) is 17.5 Å². The normalized spacial score (nSPS) is 22.4. The molecule has 3 heterocycles. The first kappa shape index (κ1) is 17.4. The van der Waals surface area contributed by atoms with Crippen LogP contribution in [0.25, 0.3) is 0 Å². The first-order valence-electron chi connectivity index (χ1n) is 8.52. The molecule has 0 aliphatic carbocycles. The topological polar surface area (TPSA) is 95.7 Å². The van der Waals surface area contributed by atoms with E-state index in [2.05, 4.69) is 5.10 Å². The van der Waals surface area contributed by atoms with Crippen LogP contribution in [0, 0.1) is 12.3 Å². The van der Waals surface area contributed by atoms with E-state index in [0.29, 0.717) is 44.6 Å². The van der Waals surface area contributed by atoms with Gasteiger partial charge in [0.25, 0.3) is 5.91 Å². The Bertz CT molecular complexity index is 694. The van der Waals surface area contributed by atoms with Gasteiger partial charge >= 0.3 is 5.97 Å². The van der Waals surface area contributed by atoms with E-state index in [1.807, 2.05) is 6.92 Å². The number of carbonyl (C=O) groups excluding carboxylic acids is 2. The van der Waals surface area contributed by atoms with Crippen LogP contribution in [0.5, 0.6) is 0 Å². The van der Waals surface area contributed by atoms with Gasteiger partial charge in [-0.15, -0.1) is 0 Å². The van der Waals surface area contributed by atoms with Crippen LogP contribution >= 0.6 is 0 Å². The highest BCUT2D eigenvalue weighted by molar-refractivity contribution is 5.92. The van der Waals surface area contributed by atoms with Crippen molar-refractivity contribution in [2.24, 2.45) is 12.5 Å². The number of aliphatic carboxylic acids is 1. The number of hydrogen-bond acceptors (Lipinski definition) is 4. The number of aromatic nitrogens is 2. The van der Waals surface area contributed by atoms with Crippen LogP contribution in [0.2, 0.25) is 0 Å². The van der Waals surface area contributed by atoms with Gasteiger partial charge in [-0.2, -0.15) is 5.10 Å². The van der Waals surface area contributed by atoms with Crippen molar-refractivity contribution in [3.8, 4) is 0 Å². The molecule has 1 aromatic heterocycles. The fraction of sp³-hybridized carbons (Fsp3) is 0.647. The average molecular weight is 348 g/mol. The summed E-state index contributed by atoms with van der Waals surface area (Å²) in [4.78, 5) is 39.2. The SMILES string of the molecule is CC(=O)N1CC2(CCN(C(=O)c3cc(C)nn3C)CC2)C[C@H]1C(=O)O. The maximum atomic E-state index is 12.7. The van der Waals surface area contributed by atoms with Crippen molar-refractivity contribution in [2.45, 2.75) is 39.2 Å². The molecule has 8 heteroatoms. The Morgan fingerprint density at radius 2 is 1.92 bits per heavy atom. The smallest absolute Gasteiger partial charge is 0.326 e. The number of hydrogen-bond donors (Lipinski definition) is 1. The van der Waals surface area contributed by atoms with E-state index < -0.39 is 12.0 Å². The minimum atomic E-state index is -0.948. The van der Waals surface area contributed by atoms with Crippen LogP contribution in [-0.4, -0.2) is 68.1 Å². The first-order valence-corrected chi connectivity index (χ1v) is 8.52. The minimum absolute atomic E-state index is 0.0471. The number of nitrogens with zero attached hydrogens (tertiary/aromatic N) is 4. The van der Waals surface area contributed by atoms with Crippen molar-refractivity contribution < 1.29 is 19.5 Å². The van der Waals surface area contributed by atoms with Crippen LogP contribution in [0.3, 0.4) is 0 Å². The fourth-order valence-corrected chi connectivity index (χ4v) is 4.13. The number of carbonyl (C=O) groups is 3. The molecule has 25 heavy (non-hydrogen) atoms. The fourth-order valence-electron chi connectivity index (χ4n) is 4.13. The summed E-state index contributed by atoms with van der Waals surface area (Å²) >= 11 is 0. The molecule has 1 N–H and O–H groups in total. The van der Waals surface area contributed by atoms with Crippen molar-refractivity contribution in [1.82, 2.24) is 19.6 Å². The molecule has 2 amide bonds. The zero-order chi connectivity index (χ0) is 18.4. The Morgan fingerprint density at radius 3 is 2.36 bits per heavy atom. The summed E-state index contributed by atoms with van der Waals surface area (Å²) in [6.07, 6.45) is 1.89. The number of carboxylic acids is 1. The molecule has 0 radical (unpaired) electrons. The predicted octanol–water partition coefficient (Wildman–Crippen LogP) is 0.656. The third-order valence-corrected chi connectivity index (χ3v) is 5.53. The second-order valence-electron chi connectivity index (χ2n) is 7.29. The van der Waals surface area contributed by atoms with Crippen molar-refractivity contribution in [3.63, 3.8) is 0 Å². The number of amides is 2. The molecule has 8 nitrogen and oxygen atoms in total. The lowest BCUT2D eigenvalue weighted by Gasteiger charge is -2.39. The standard InChI is InChI=1S/C17H24N4O4/c1-11-8-13(19(3)18-11)15(23)20-6-4-17(5-7-20)9-14(16(24)25)21(10-17)12(2)22/h8,14H,4-7,9-10H2,1-3H3,(H,24,25)/t14-/m0/s1. The van der Waals surface area contributed by atoms with Crippen molar-refractivity contribution in [1.29, 1.82) is 0 Å². The highest BCUT2D eigenvalue weighted by atomic mass is 16.4. The van der Waals surface area contributed by atoms with E-state index in [1.54, 1.807) is 22.7 Å². The van der Waals surface area contributed by atoms with Gasteiger partial charge in [0.2, 0.25) is 5.91 Å². The van der Waals surface area contributed by atoms with Gasteiger partial charge in [0.1, 0.15) is 11.7 Å².